The van der Waals surface area contributed by atoms with Gasteiger partial charge in [0.05, 0.1) is 23.2 Å². The summed E-state index contributed by atoms with van der Waals surface area (Å²) >= 11 is 0. The standard InChI is InChI=1S/C21H26N4O2/c1-15-17(11-22)16-7-3-4-8-18(16)25(15)14-21(27)24-12-19(20(26)13-24)23-9-5-2-6-10-23/h3-4,7-8,19-20,26H,2,5-6,9-10,12-14H2,1H3/t19-,20-/m0/s1. The van der Waals surface area contributed by atoms with Crippen LogP contribution in [0.3, 0.4) is 0 Å². The fourth-order valence-electron chi connectivity index (χ4n) is 4.59. The largest absolute Gasteiger partial charge is 0.390 e. The number of carbonyl (C=O) groups is 1. The van der Waals surface area contributed by atoms with Crippen LogP contribution < -0.4 is 0 Å². The third-order valence-electron chi connectivity index (χ3n) is 6.11. The average molecular weight is 366 g/mol. The molecule has 1 amide bonds. The molecule has 0 bridgehead atoms. The van der Waals surface area contributed by atoms with Gasteiger partial charge in [-0.15, -0.1) is 0 Å². The summed E-state index contributed by atoms with van der Waals surface area (Å²) in [6, 6.07) is 10.0. The molecule has 0 radical (unpaired) electrons. The third kappa shape index (κ3) is 3.22. The quantitative estimate of drug-likeness (QED) is 0.900. The Balaban J connectivity index is 1.53. The molecule has 4 rings (SSSR count). The molecule has 1 N–H and O–H groups in total. The van der Waals surface area contributed by atoms with Gasteiger partial charge in [0.25, 0.3) is 0 Å². The van der Waals surface area contributed by atoms with Crippen molar-refractivity contribution in [3.63, 3.8) is 0 Å². The number of nitrogens with zero attached hydrogens (tertiary/aromatic N) is 4. The number of para-hydroxylation sites is 1. The van der Waals surface area contributed by atoms with Gasteiger partial charge >= 0.3 is 0 Å². The Morgan fingerprint density at radius 2 is 1.96 bits per heavy atom. The second-order valence-electron chi connectivity index (χ2n) is 7.71. The van der Waals surface area contributed by atoms with Crippen molar-refractivity contribution in [2.75, 3.05) is 26.2 Å². The molecule has 2 aromatic rings. The lowest BCUT2D eigenvalue weighted by Crippen LogP contribution is -2.46. The first-order valence-electron chi connectivity index (χ1n) is 9.78. The van der Waals surface area contributed by atoms with E-state index in [1.807, 2.05) is 35.8 Å². The van der Waals surface area contributed by atoms with Crippen molar-refractivity contribution in [3.8, 4) is 6.07 Å². The zero-order chi connectivity index (χ0) is 19.0. The topological polar surface area (TPSA) is 72.5 Å². The molecule has 0 unspecified atom stereocenters. The van der Waals surface area contributed by atoms with E-state index in [0.717, 1.165) is 29.7 Å². The van der Waals surface area contributed by atoms with Gasteiger partial charge in [0, 0.05) is 24.2 Å². The molecule has 6 nitrogen and oxygen atoms in total. The molecule has 0 saturated carbocycles. The molecule has 2 atom stereocenters. The molecule has 2 aliphatic rings. The predicted molar refractivity (Wildman–Crippen MR) is 103 cm³/mol. The molecular weight excluding hydrogens is 340 g/mol. The van der Waals surface area contributed by atoms with Gasteiger partial charge in [-0.3, -0.25) is 9.69 Å². The highest BCUT2D eigenvalue weighted by Crippen LogP contribution is 2.26. The maximum absolute atomic E-state index is 13.0. The maximum Gasteiger partial charge on any atom is 0.242 e. The first-order chi connectivity index (χ1) is 13.1. The number of hydrogen-bond donors (Lipinski definition) is 1. The number of hydrogen-bond acceptors (Lipinski definition) is 4. The predicted octanol–water partition coefficient (Wildman–Crippen LogP) is 1.88. The van der Waals surface area contributed by atoms with Gasteiger partial charge in [-0.25, -0.2) is 0 Å². The first-order valence-corrected chi connectivity index (χ1v) is 9.78. The van der Waals surface area contributed by atoms with E-state index in [-0.39, 0.29) is 18.5 Å². The molecule has 0 spiro atoms. The zero-order valence-corrected chi connectivity index (χ0v) is 15.8. The first kappa shape index (κ1) is 18.0. The van der Waals surface area contributed by atoms with E-state index in [0.29, 0.717) is 18.7 Å². The van der Waals surface area contributed by atoms with Crippen LogP contribution in [-0.2, 0) is 11.3 Å². The number of aliphatic hydroxyl groups is 1. The highest BCUT2D eigenvalue weighted by Gasteiger charge is 2.38. The average Bonchev–Trinajstić information content (AvgIpc) is 3.21. The number of aromatic nitrogens is 1. The van der Waals surface area contributed by atoms with Crippen LogP contribution in [0.2, 0.25) is 0 Å². The van der Waals surface area contributed by atoms with Gasteiger partial charge in [-0.2, -0.15) is 5.26 Å². The molecule has 142 valence electrons. The van der Waals surface area contributed by atoms with Crippen molar-refractivity contribution < 1.29 is 9.90 Å². The van der Waals surface area contributed by atoms with Crippen LogP contribution >= 0.6 is 0 Å². The Morgan fingerprint density at radius 3 is 2.70 bits per heavy atom. The lowest BCUT2D eigenvalue weighted by Gasteiger charge is -2.33. The summed E-state index contributed by atoms with van der Waals surface area (Å²) in [4.78, 5) is 17.1. The van der Waals surface area contributed by atoms with Crippen LogP contribution in [0.5, 0.6) is 0 Å². The zero-order valence-electron chi connectivity index (χ0n) is 15.8. The molecule has 0 aliphatic carbocycles. The number of likely N-dealkylation sites (tertiary alicyclic amines) is 2. The smallest absolute Gasteiger partial charge is 0.242 e. The second kappa shape index (κ2) is 7.34. The number of rotatable bonds is 3. The number of fused-ring (bicyclic) bond motifs is 1. The molecule has 27 heavy (non-hydrogen) atoms. The summed E-state index contributed by atoms with van der Waals surface area (Å²) in [7, 11) is 0. The van der Waals surface area contributed by atoms with Gasteiger partial charge in [0.2, 0.25) is 5.91 Å². The number of nitriles is 1. The van der Waals surface area contributed by atoms with Crippen molar-refractivity contribution in [2.24, 2.45) is 0 Å². The molecule has 2 aliphatic heterocycles. The third-order valence-corrected chi connectivity index (χ3v) is 6.11. The number of piperidine rings is 1. The van der Waals surface area contributed by atoms with Crippen molar-refractivity contribution in [3.05, 3.63) is 35.5 Å². The SMILES string of the molecule is Cc1c(C#N)c2ccccc2n1CC(=O)N1C[C@H](O)[C@@H](N2CCCCC2)C1. The van der Waals surface area contributed by atoms with Crippen molar-refractivity contribution in [1.29, 1.82) is 5.26 Å². The van der Waals surface area contributed by atoms with E-state index in [1.165, 1.54) is 19.3 Å². The summed E-state index contributed by atoms with van der Waals surface area (Å²) in [5.74, 6) is 0.00176. The summed E-state index contributed by atoms with van der Waals surface area (Å²) in [5, 5.41) is 20.9. The molecular formula is C21H26N4O2. The van der Waals surface area contributed by atoms with E-state index in [9.17, 15) is 15.2 Å². The van der Waals surface area contributed by atoms with Gasteiger partial charge in [0.1, 0.15) is 12.6 Å². The molecule has 6 heteroatoms. The van der Waals surface area contributed by atoms with Crippen LogP contribution in [0.25, 0.3) is 10.9 Å². The van der Waals surface area contributed by atoms with Crippen molar-refractivity contribution in [1.82, 2.24) is 14.4 Å². The van der Waals surface area contributed by atoms with Crippen LogP contribution in [0.1, 0.15) is 30.5 Å². The summed E-state index contributed by atoms with van der Waals surface area (Å²) in [6.07, 6.45) is 3.11. The molecule has 1 aromatic heterocycles. The number of aliphatic hydroxyl groups excluding tert-OH is 1. The Hall–Kier alpha value is -2.36. The van der Waals surface area contributed by atoms with E-state index >= 15 is 0 Å². The van der Waals surface area contributed by atoms with E-state index in [4.69, 9.17) is 0 Å². The van der Waals surface area contributed by atoms with Crippen LogP contribution in [0.4, 0.5) is 0 Å². The Morgan fingerprint density at radius 1 is 1.22 bits per heavy atom. The fraction of sp³-hybridized carbons (Fsp3) is 0.524. The number of β-amino-alcohol motifs (C(OH)–C–C–N with tert-alkyl or cyclic N) is 1. The fourth-order valence-corrected chi connectivity index (χ4v) is 4.59. The van der Waals surface area contributed by atoms with Crippen LogP contribution in [0.15, 0.2) is 24.3 Å². The molecule has 2 saturated heterocycles. The Kier molecular flexibility index (Phi) is 4.90. The minimum atomic E-state index is -0.482. The van der Waals surface area contributed by atoms with Crippen LogP contribution in [-0.4, -0.2) is 63.7 Å². The Bertz CT molecular complexity index is 891. The van der Waals surface area contributed by atoms with Crippen molar-refractivity contribution >= 4 is 16.8 Å². The number of amides is 1. The molecule has 2 fully saturated rings. The van der Waals surface area contributed by atoms with Gasteiger partial charge in [-0.1, -0.05) is 24.6 Å². The molecule has 1 aromatic carbocycles. The maximum atomic E-state index is 13.0. The van der Waals surface area contributed by atoms with Gasteiger partial charge < -0.3 is 14.6 Å². The minimum Gasteiger partial charge on any atom is -0.390 e. The Labute approximate surface area is 159 Å². The lowest BCUT2D eigenvalue weighted by molar-refractivity contribution is -0.131. The normalized spacial score (nSPS) is 23.7. The van der Waals surface area contributed by atoms with E-state index in [2.05, 4.69) is 11.0 Å². The van der Waals surface area contributed by atoms with Gasteiger partial charge in [-0.05, 0) is 38.9 Å². The second-order valence-corrected chi connectivity index (χ2v) is 7.71. The number of benzene rings is 1. The highest BCUT2D eigenvalue weighted by atomic mass is 16.3. The summed E-state index contributed by atoms with van der Waals surface area (Å²) in [6.45, 7) is 5.09. The summed E-state index contributed by atoms with van der Waals surface area (Å²) in [5.41, 5.74) is 2.36. The summed E-state index contributed by atoms with van der Waals surface area (Å²) < 4.78 is 1.93. The van der Waals surface area contributed by atoms with Crippen LogP contribution in [0, 0.1) is 18.3 Å². The van der Waals surface area contributed by atoms with E-state index in [1.54, 1.807) is 4.90 Å². The highest BCUT2D eigenvalue weighted by molar-refractivity contribution is 5.89. The van der Waals surface area contributed by atoms with Crippen molar-refractivity contribution in [2.45, 2.75) is 44.9 Å². The number of carbonyl (C=O) groups excluding carboxylic acids is 1. The molecule has 3 heterocycles. The monoisotopic (exact) mass is 366 g/mol. The van der Waals surface area contributed by atoms with Gasteiger partial charge in [0.15, 0.2) is 0 Å². The van der Waals surface area contributed by atoms with E-state index < -0.39 is 6.10 Å². The minimum absolute atomic E-state index is 0.00176. The lowest BCUT2D eigenvalue weighted by atomic mass is 10.1.